The molecule has 1 aliphatic rings. The maximum atomic E-state index is 12.9. The van der Waals surface area contributed by atoms with Gasteiger partial charge in [-0.25, -0.2) is 4.79 Å². The molecule has 0 radical (unpaired) electrons. The van der Waals surface area contributed by atoms with E-state index in [0.29, 0.717) is 24.5 Å². The zero-order valence-electron chi connectivity index (χ0n) is 17.0. The normalized spacial score (nSPS) is 14.0. The van der Waals surface area contributed by atoms with E-state index in [1.807, 2.05) is 58.0 Å². The van der Waals surface area contributed by atoms with Crippen molar-refractivity contribution in [3.8, 4) is 0 Å². The molecule has 0 spiro atoms. The van der Waals surface area contributed by atoms with Gasteiger partial charge in [-0.05, 0) is 57.0 Å². The van der Waals surface area contributed by atoms with E-state index in [-0.39, 0.29) is 5.78 Å². The van der Waals surface area contributed by atoms with Gasteiger partial charge in [0.25, 0.3) is 0 Å². The third-order valence-corrected chi connectivity index (χ3v) is 4.92. The molecule has 2 N–H and O–H groups in total. The fourth-order valence-electron chi connectivity index (χ4n) is 2.59. The Morgan fingerprint density at radius 2 is 1.96 bits per heavy atom. The molecule has 1 aliphatic heterocycles. The van der Waals surface area contributed by atoms with Crippen LogP contribution < -0.4 is 10.6 Å². The second-order valence-electron chi connectivity index (χ2n) is 7.37. The molecule has 0 unspecified atom stereocenters. The predicted molar refractivity (Wildman–Crippen MR) is 115 cm³/mol. The molecule has 2 rings (SSSR count). The summed E-state index contributed by atoms with van der Waals surface area (Å²) in [5.74, 6) is 0.0447. The Morgan fingerprint density at radius 1 is 1.21 bits per heavy atom. The van der Waals surface area contributed by atoms with Crippen LogP contribution in [0, 0.1) is 0 Å². The van der Waals surface area contributed by atoms with Gasteiger partial charge in [0.05, 0.1) is 11.4 Å². The molecule has 6 nitrogen and oxygen atoms in total. The average molecular weight is 404 g/mol. The first-order valence-corrected chi connectivity index (χ1v) is 10.4. The number of allylic oxidation sites excluding steroid dienone is 1. The van der Waals surface area contributed by atoms with Crippen LogP contribution in [0.2, 0.25) is 0 Å². The number of benzene rings is 1. The number of ketones is 1. The van der Waals surface area contributed by atoms with E-state index in [9.17, 15) is 9.59 Å². The zero-order valence-corrected chi connectivity index (χ0v) is 17.8. The first kappa shape index (κ1) is 22.0. The van der Waals surface area contributed by atoms with E-state index < -0.39 is 11.7 Å². The predicted octanol–water partition coefficient (Wildman–Crippen LogP) is 3.92. The Bertz CT molecular complexity index is 766. The Balaban J connectivity index is 1.76. The van der Waals surface area contributed by atoms with E-state index in [1.165, 1.54) is 11.8 Å². The van der Waals surface area contributed by atoms with Crippen LogP contribution in [0.15, 0.2) is 40.2 Å². The molecule has 0 atom stereocenters. The average Bonchev–Trinajstić information content (AvgIpc) is 2.66. The minimum absolute atomic E-state index is 0.0447. The maximum Gasteiger partial charge on any atom is 0.407 e. The summed E-state index contributed by atoms with van der Waals surface area (Å²) in [6, 6.07) is 7.72. The van der Waals surface area contributed by atoms with Crippen molar-refractivity contribution in [2.75, 3.05) is 19.6 Å². The highest BCUT2D eigenvalue weighted by Crippen LogP contribution is 2.26. The highest BCUT2D eigenvalue weighted by atomic mass is 32.2. The lowest BCUT2D eigenvalue weighted by molar-refractivity contribution is 0.0527. The largest absolute Gasteiger partial charge is 0.444 e. The molecule has 28 heavy (non-hydrogen) atoms. The fraction of sp³-hybridized carbons (Fsp3) is 0.476. The van der Waals surface area contributed by atoms with Crippen LogP contribution in [-0.4, -0.2) is 42.3 Å². The number of hydrogen-bond acceptors (Lipinski definition) is 6. The van der Waals surface area contributed by atoms with Crippen molar-refractivity contribution >= 4 is 28.8 Å². The number of hydrogen-bond donors (Lipinski definition) is 2. The molecule has 1 aromatic carbocycles. The van der Waals surface area contributed by atoms with Crippen LogP contribution in [0.3, 0.4) is 0 Å². The molecule has 1 heterocycles. The van der Waals surface area contributed by atoms with E-state index in [4.69, 9.17) is 4.74 Å². The number of Topliss-reactive ketones (excluding diaryl/α,β-unsaturated/α-hetero) is 1. The van der Waals surface area contributed by atoms with Gasteiger partial charge in [-0.15, -0.1) is 0 Å². The molecule has 0 saturated carbocycles. The number of alkyl carbamates (subject to hydrolysis) is 1. The third-order valence-electron chi connectivity index (χ3n) is 3.88. The summed E-state index contributed by atoms with van der Waals surface area (Å²) in [6.45, 7) is 9.18. The number of ether oxygens (including phenoxy) is 1. The van der Waals surface area contributed by atoms with Crippen LogP contribution >= 0.6 is 11.8 Å². The number of aryl methyl sites for hydroxylation is 1. The Hall–Kier alpha value is -2.28. The van der Waals surface area contributed by atoms with E-state index in [2.05, 4.69) is 15.6 Å². The van der Waals surface area contributed by atoms with Gasteiger partial charge < -0.3 is 15.4 Å². The maximum absolute atomic E-state index is 12.9. The number of nitrogens with zero attached hydrogens (tertiary/aromatic N) is 1. The van der Waals surface area contributed by atoms with E-state index in [1.54, 1.807) is 0 Å². The summed E-state index contributed by atoms with van der Waals surface area (Å²) in [5.41, 5.74) is 1.31. The quantitative estimate of drug-likeness (QED) is 0.533. The van der Waals surface area contributed by atoms with Crippen molar-refractivity contribution in [2.45, 2.75) is 46.1 Å². The van der Waals surface area contributed by atoms with Crippen molar-refractivity contribution < 1.29 is 14.3 Å². The Morgan fingerprint density at radius 3 is 2.68 bits per heavy atom. The number of rotatable bonds is 7. The van der Waals surface area contributed by atoms with Crippen LogP contribution in [-0.2, 0) is 11.2 Å². The standard InChI is InChI=1S/C21H29N3O3S/c1-5-15-9-6-7-10-16(15)18(25)17-11-14-23-19(28-17)22-12-8-13-24-20(26)27-21(2,3)4/h6-7,9-11H,5,8,12-14H2,1-4H3,(H,22,23)(H,24,26). The molecule has 0 saturated heterocycles. The van der Waals surface area contributed by atoms with Crippen LogP contribution in [0.1, 0.15) is 50.0 Å². The Kier molecular flexibility index (Phi) is 8.11. The monoisotopic (exact) mass is 403 g/mol. The van der Waals surface area contributed by atoms with Crippen LogP contribution in [0.4, 0.5) is 4.79 Å². The van der Waals surface area contributed by atoms with Crippen molar-refractivity contribution in [2.24, 2.45) is 4.99 Å². The molecular weight excluding hydrogens is 374 g/mol. The summed E-state index contributed by atoms with van der Waals surface area (Å²) >= 11 is 1.36. The number of thioether (sulfide) groups is 1. The van der Waals surface area contributed by atoms with Crippen molar-refractivity contribution in [3.63, 3.8) is 0 Å². The van der Waals surface area contributed by atoms with Gasteiger partial charge >= 0.3 is 6.09 Å². The number of amidine groups is 1. The highest BCUT2D eigenvalue weighted by molar-refractivity contribution is 8.17. The first-order valence-electron chi connectivity index (χ1n) is 9.56. The molecule has 1 amide bonds. The minimum atomic E-state index is -0.499. The summed E-state index contributed by atoms with van der Waals surface area (Å²) in [4.78, 5) is 29.6. The van der Waals surface area contributed by atoms with Gasteiger partial charge in [0.2, 0.25) is 0 Å². The van der Waals surface area contributed by atoms with Gasteiger partial charge in [-0.3, -0.25) is 9.79 Å². The number of nitrogens with one attached hydrogen (secondary N) is 2. The summed E-state index contributed by atoms with van der Waals surface area (Å²) in [5, 5.41) is 6.69. The van der Waals surface area contributed by atoms with Gasteiger partial charge in [-0.1, -0.05) is 31.2 Å². The van der Waals surface area contributed by atoms with Gasteiger partial charge in [-0.2, -0.15) is 0 Å². The van der Waals surface area contributed by atoms with E-state index in [0.717, 1.165) is 29.1 Å². The number of carbonyl (C=O) groups excluding carboxylic acids is 2. The van der Waals surface area contributed by atoms with Crippen molar-refractivity contribution in [1.82, 2.24) is 10.6 Å². The highest BCUT2D eigenvalue weighted by Gasteiger charge is 2.20. The molecular formula is C21H29N3O3S. The zero-order chi connectivity index (χ0) is 20.6. The van der Waals surface area contributed by atoms with Gasteiger partial charge in [0.15, 0.2) is 11.0 Å². The third kappa shape index (κ3) is 7.03. The lowest BCUT2D eigenvalue weighted by Gasteiger charge is -2.19. The van der Waals surface area contributed by atoms with Crippen LogP contribution in [0.25, 0.3) is 0 Å². The van der Waals surface area contributed by atoms with Gasteiger partial charge in [0, 0.05) is 18.7 Å². The lowest BCUT2D eigenvalue weighted by Crippen LogP contribution is -2.34. The second-order valence-corrected chi connectivity index (χ2v) is 8.40. The second kappa shape index (κ2) is 10.3. The summed E-state index contributed by atoms with van der Waals surface area (Å²) < 4.78 is 5.19. The Labute approximate surface area is 171 Å². The summed E-state index contributed by atoms with van der Waals surface area (Å²) in [6.07, 6.45) is 3.00. The molecule has 7 heteroatoms. The van der Waals surface area contributed by atoms with Crippen molar-refractivity contribution in [3.05, 3.63) is 46.4 Å². The molecule has 0 aliphatic carbocycles. The number of amides is 1. The topological polar surface area (TPSA) is 79.8 Å². The van der Waals surface area contributed by atoms with Crippen LogP contribution in [0.5, 0.6) is 0 Å². The molecule has 152 valence electrons. The SMILES string of the molecule is CCc1ccccc1C(=O)C1=CCN=C(NCCCNC(=O)OC(C)(C)C)S1. The lowest BCUT2D eigenvalue weighted by atomic mass is 10.0. The number of aliphatic imine (C=N–C) groups is 1. The van der Waals surface area contributed by atoms with Gasteiger partial charge in [0.1, 0.15) is 5.60 Å². The van der Waals surface area contributed by atoms with Crippen molar-refractivity contribution in [1.29, 1.82) is 0 Å². The fourth-order valence-corrected chi connectivity index (χ4v) is 3.47. The molecule has 0 fully saturated rings. The first-order chi connectivity index (χ1) is 13.3. The summed E-state index contributed by atoms with van der Waals surface area (Å²) in [7, 11) is 0. The smallest absolute Gasteiger partial charge is 0.407 e. The molecule has 0 bridgehead atoms. The minimum Gasteiger partial charge on any atom is -0.444 e. The molecule has 0 aromatic heterocycles. The number of carbonyl (C=O) groups is 2. The van der Waals surface area contributed by atoms with E-state index >= 15 is 0 Å². The molecule has 1 aromatic rings.